The quantitative estimate of drug-likeness (QED) is 0.610. The Morgan fingerprint density at radius 2 is 2.45 bits per heavy atom. The van der Waals surface area contributed by atoms with E-state index in [1.807, 2.05) is 11.4 Å². The van der Waals surface area contributed by atoms with Gasteiger partial charge < -0.3 is 10.8 Å². The summed E-state index contributed by atoms with van der Waals surface area (Å²) < 4.78 is 0. The molecule has 2 rings (SSSR count). The zero-order valence-corrected chi connectivity index (χ0v) is 6.97. The number of hydrogen-bond donors (Lipinski definition) is 2. The minimum atomic E-state index is -0.336. The second-order valence-corrected chi connectivity index (χ2v) is 3.93. The van der Waals surface area contributed by atoms with Crippen LogP contribution in [0.15, 0.2) is 11.4 Å². The first-order valence-electron chi connectivity index (χ1n) is 3.79. The highest BCUT2D eigenvalue weighted by Gasteiger charge is 2.25. The van der Waals surface area contributed by atoms with Gasteiger partial charge in [-0.15, -0.1) is 11.3 Å². The molecule has 0 saturated heterocycles. The smallest absolute Gasteiger partial charge is 0.0736 e. The van der Waals surface area contributed by atoms with Crippen molar-refractivity contribution in [3.05, 3.63) is 21.9 Å². The summed E-state index contributed by atoms with van der Waals surface area (Å²) >= 11 is 1.74. The monoisotopic (exact) mass is 169 g/mol. The Kier molecular flexibility index (Phi) is 1.71. The van der Waals surface area contributed by atoms with Crippen LogP contribution in [0.2, 0.25) is 0 Å². The lowest BCUT2D eigenvalue weighted by Crippen LogP contribution is -2.30. The molecule has 0 amide bonds. The highest BCUT2D eigenvalue weighted by Crippen LogP contribution is 2.31. The van der Waals surface area contributed by atoms with Crippen LogP contribution >= 0.6 is 11.3 Å². The molecule has 0 saturated carbocycles. The summed E-state index contributed by atoms with van der Waals surface area (Å²) in [6.45, 7) is 0. The number of thiophene rings is 1. The predicted molar refractivity (Wildman–Crippen MR) is 45.6 cm³/mol. The third-order valence-electron chi connectivity index (χ3n) is 2.22. The molecule has 1 aromatic heterocycles. The maximum absolute atomic E-state index is 9.42. The van der Waals surface area contributed by atoms with Gasteiger partial charge in [-0.3, -0.25) is 0 Å². The molecule has 3 heteroatoms. The van der Waals surface area contributed by atoms with E-state index in [9.17, 15) is 5.11 Å². The summed E-state index contributed by atoms with van der Waals surface area (Å²) in [5, 5.41) is 11.5. The van der Waals surface area contributed by atoms with Crippen LogP contribution in [0, 0.1) is 0 Å². The van der Waals surface area contributed by atoms with Gasteiger partial charge in [-0.1, -0.05) is 0 Å². The van der Waals surface area contributed by atoms with E-state index >= 15 is 0 Å². The normalized spacial score (nSPS) is 30.0. The van der Waals surface area contributed by atoms with Crippen LogP contribution in [0.3, 0.4) is 0 Å². The lowest BCUT2D eigenvalue weighted by atomic mass is 9.92. The fourth-order valence-corrected chi connectivity index (χ4v) is 2.47. The molecule has 1 heterocycles. The molecule has 0 aliphatic heterocycles. The molecule has 2 atom stereocenters. The van der Waals surface area contributed by atoms with Crippen LogP contribution in [-0.2, 0) is 6.42 Å². The van der Waals surface area contributed by atoms with Gasteiger partial charge in [0.1, 0.15) is 0 Å². The Hall–Kier alpha value is -0.380. The van der Waals surface area contributed by atoms with E-state index in [4.69, 9.17) is 5.73 Å². The Balaban J connectivity index is 2.38. The average molecular weight is 169 g/mol. The van der Waals surface area contributed by atoms with Gasteiger partial charge in [0, 0.05) is 4.88 Å². The Morgan fingerprint density at radius 1 is 1.64 bits per heavy atom. The standard InChI is InChI=1S/C8H11NOS/c9-8-5-3-4-11-7(5)2-1-6(8)10/h3-4,6,8,10H,1-2,9H2. The van der Waals surface area contributed by atoms with Crippen molar-refractivity contribution in [1.29, 1.82) is 0 Å². The molecular formula is C8H11NOS. The topological polar surface area (TPSA) is 46.2 Å². The Labute approximate surface area is 69.7 Å². The molecule has 1 aliphatic carbocycles. The van der Waals surface area contributed by atoms with Crippen molar-refractivity contribution < 1.29 is 5.11 Å². The van der Waals surface area contributed by atoms with Crippen LogP contribution in [-0.4, -0.2) is 11.2 Å². The van der Waals surface area contributed by atoms with Crippen molar-refractivity contribution in [2.24, 2.45) is 5.73 Å². The number of rotatable bonds is 0. The minimum Gasteiger partial charge on any atom is -0.391 e. The number of nitrogens with two attached hydrogens (primary N) is 1. The Bertz CT molecular complexity index is 258. The zero-order chi connectivity index (χ0) is 7.84. The molecule has 2 nitrogen and oxygen atoms in total. The highest BCUT2D eigenvalue weighted by molar-refractivity contribution is 7.10. The van der Waals surface area contributed by atoms with Gasteiger partial charge in [0.15, 0.2) is 0 Å². The van der Waals surface area contributed by atoms with Crippen molar-refractivity contribution >= 4 is 11.3 Å². The second-order valence-electron chi connectivity index (χ2n) is 2.93. The van der Waals surface area contributed by atoms with Crippen molar-refractivity contribution in [2.75, 3.05) is 0 Å². The molecule has 0 bridgehead atoms. The fraction of sp³-hybridized carbons (Fsp3) is 0.500. The first kappa shape index (κ1) is 7.28. The van der Waals surface area contributed by atoms with Crippen LogP contribution in [0.4, 0.5) is 0 Å². The van der Waals surface area contributed by atoms with Crippen molar-refractivity contribution in [3.63, 3.8) is 0 Å². The zero-order valence-electron chi connectivity index (χ0n) is 6.16. The number of aryl methyl sites for hydroxylation is 1. The fourth-order valence-electron chi connectivity index (χ4n) is 1.52. The second kappa shape index (κ2) is 2.59. The first-order valence-corrected chi connectivity index (χ1v) is 4.67. The van der Waals surface area contributed by atoms with E-state index in [1.165, 1.54) is 4.88 Å². The van der Waals surface area contributed by atoms with Gasteiger partial charge in [-0.25, -0.2) is 0 Å². The minimum absolute atomic E-state index is 0.148. The molecular weight excluding hydrogens is 158 g/mol. The van der Waals surface area contributed by atoms with E-state index in [1.54, 1.807) is 11.3 Å². The molecule has 11 heavy (non-hydrogen) atoms. The number of aliphatic hydroxyl groups excluding tert-OH is 1. The van der Waals surface area contributed by atoms with Gasteiger partial charge in [0.2, 0.25) is 0 Å². The summed E-state index contributed by atoms with van der Waals surface area (Å²) in [6, 6.07) is 1.87. The van der Waals surface area contributed by atoms with Gasteiger partial charge in [-0.05, 0) is 29.9 Å². The molecule has 0 radical (unpaired) electrons. The molecule has 0 spiro atoms. The number of aliphatic hydroxyl groups is 1. The molecule has 1 aliphatic rings. The molecule has 0 fully saturated rings. The molecule has 1 aromatic rings. The van der Waals surface area contributed by atoms with Crippen molar-refractivity contribution in [2.45, 2.75) is 25.0 Å². The summed E-state index contributed by atoms with van der Waals surface area (Å²) in [6.07, 6.45) is 1.47. The first-order chi connectivity index (χ1) is 5.29. The van der Waals surface area contributed by atoms with E-state index in [0.717, 1.165) is 18.4 Å². The van der Waals surface area contributed by atoms with E-state index in [-0.39, 0.29) is 12.1 Å². The molecule has 60 valence electrons. The largest absolute Gasteiger partial charge is 0.391 e. The number of fused-ring (bicyclic) bond motifs is 1. The van der Waals surface area contributed by atoms with Gasteiger partial charge in [0.05, 0.1) is 12.1 Å². The summed E-state index contributed by atoms with van der Waals surface area (Å²) in [4.78, 5) is 1.35. The van der Waals surface area contributed by atoms with Crippen LogP contribution < -0.4 is 5.73 Å². The third kappa shape index (κ3) is 1.09. The van der Waals surface area contributed by atoms with Crippen LogP contribution in [0.1, 0.15) is 22.9 Å². The van der Waals surface area contributed by atoms with E-state index in [0.29, 0.717) is 0 Å². The van der Waals surface area contributed by atoms with E-state index < -0.39 is 0 Å². The van der Waals surface area contributed by atoms with Crippen LogP contribution in [0.5, 0.6) is 0 Å². The Morgan fingerprint density at radius 3 is 3.27 bits per heavy atom. The average Bonchev–Trinajstić information content (AvgIpc) is 2.45. The van der Waals surface area contributed by atoms with Crippen molar-refractivity contribution in [3.8, 4) is 0 Å². The summed E-state index contributed by atoms with van der Waals surface area (Å²) in [7, 11) is 0. The predicted octanol–water partition coefficient (Wildman–Crippen LogP) is 1.06. The summed E-state index contributed by atoms with van der Waals surface area (Å²) in [5.74, 6) is 0. The SMILES string of the molecule is NC1c2ccsc2CCC1O. The maximum Gasteiger partial charge on any atom is 0.0736 e. The lowest BCUT2D eigenvalue weighted by Gasteiger charge is -2.24. The lowest BCUT2D eigenvalue weighted by molar-refractivity contribution is 0.129. The molecule has 0 aromatic carbocycles. The molecule has 2 unspecified atom stereocenters. The van der Waals surface area contributed by atoms with E-state index in [2.05, 4.69) is 0 Å². The molecule has 3 N–H and O–H groups in total. The van der Waals surface area contributed by atoms with Gasteiger partial charge in [-0.2, -0.15) is 0 Å². The third-order valence-corrected chi connectivity index (χ3v) is 3.22. The van der Waals surface area contributed by atoms with Crippen LogP contribution in [0.25, 0.3) is 0 Å². The summed E-state index contributed by atoms with van der Waals surface area (Å²) in [5.41, 5.74) is 6.94. The maximum atomic E-state index is 9.42. The highest BCUT2D eigenvalue weighted by atomic mass is 32.1. The number of hydrogen-bond acceptors (Lipinski definition) is 3. The van der Waals surface area contributed by atoms with Crippen molar-refractivity contribution in [1.82, 2.24) is 0 Å². The van der Waals surface area contributed by atoms with Gasteiger partial charge in [0.25, 0.3) is 0 Å². The van der Waals surface area contributed by atoms with Gasteiger partial charge >= 0.3 is 0 Å².